The Hall–Kier alpha value is -1.09. The minimum atomic E-state index is 0.192. The fourth-order valence-corrected chi connectivity index (χ4v) is 1.42. The molecule has 3 heteroatoms. The maximum absolute atomic E-state index is 5.72. The molecule has 0 saturated heterocycles. The molecule has 0 aromatic carbocycles. The van der Waals surface area contributed by atoms with E-state index in [1.165, 1.54) is 11.3 Å². The predicted octanol–water partition coefficient (Wildman–Crippen LogP) is 1.17. The summed E-state index contributed by atoms with van der Waals surface area (Å²) in [6, 6.07) is 2.20. The van der Waals surface area contributed by atoms with Crippen molar-refractivity contribution in [2.24, 2.45) is 5.73 Å². The van der Waals surface area contributed by atoms with Gasteiger partial charge in [0.1, 0.15) is 0 Å². The molecule has 1 rings (SSSR count). The van der Waals surface area contributed by atoms with Crippen LogP contribution in [0.5, 0.6) is 0 Å². The number of pyridine rings is 1. The number of hydrogen-bond donors (Lipinski definition) is 1. The molecular weight excluding hydrogens is 162 g/mol. The Labute approximate surface area is 79.6 Å². The first-order valence-corrected chi connectivity index (χ1v) is 4.48. The second-order valence-corrected chi connectivity index (χ2v) is 3.52. The minimum Gasteiger partial charge on any atom is -0.373 e. The van der Waals surface area contributed by atoms with Gasteiger partial charge in [-0.25, -0.2) is 0 Å². The van der Waals surface area contributed by atoms with E-state index in [1.54, 1.807) is 6.20 Å². The van der Waals surface area contributed by atoms with Crippen molar-refractivity contribution in [2.45, 2.75) is 19.9 Å². The Kier molecular flexibility index (Phi) is 3.25. The lowest BCUT2D eigenvalue weighted by molar-refractivity contribution is 0.716. The van der Waals surface area contributed by atoms with E-state index in [1.807, 2.05) is 26.2 Å². The Morgan fingerprint density at radius 3 is 2.85 bits per heavy atom. The molecule has 0 saturated carbocycles. The average molecular weight is 179 g/mol. The molecule has 13 heavy (non-hydrogen) atoms. The van der Waals surface area contributed by atoms with Crippen molar-refractivity contribution in [3.8, 4) is 0 Å². The highest BCUT2D eigenvalue weighted by Gasteiger charge is 2.05. The van der Waals surface area contributed by atoms with Crippen LogP contribution in [0.15, 0.2) is 18.5 Å². The molecule has 0 aliphatic heterocycles. The van der Waals surface area contributed by atoms with Crippen LogP contribution in [-0.4, -0.2) is 24.6 Å². The summed E-state index contributed by atoms with van der Waals surface area (Å²) in [7, 11) is 2.05. The van der Waals surface area contributed by atoms with Crippen molar-refractivity contribution in [3.05, 3.63) is 24.0 Å². The number of likely N-dealkylation sites (N-methyl/N-ethyl adjacent to an activating group) is 1. The quantitative estimate of drug-likeness (QED) is 0.757. The molecule has 0 fully saturated rings. The zero-order valence-electron chi connectivity index (χ0n) is 8.49. The molecular formula is C10H17N3. The van der Waals surface area contributed by atoms with Gasteiger partial charge in [-0.3, -0.25) is 4.98 Å². The standard InChI is InChI=1S/C10H17N3/c1-8-6-12-5-4-10(8)13(3)7-9(2)11/h4-6,9H,7,11H2,1-3H3. The highest BCUT2D eigenvalue weighted by molar-refractivity contribution is 5.50. The molecule has 1 aromatic heterocycles. The first kappa shape index (κ1) is 9.99. The number of aryl methyl sites for hydroxylation is 1. The molecule has 1 atom stereocenters. The second-order valence-electron chi connectivity index (χ2n) is 3.52. The lowest BCUT2D eigenvalue weighted by Crippen LogP contribution is -2.33. The normalized spacial score (nSPS) is 12.6. The number of anilines is 1. The molecule has 72 valence electrons. The van der Waals surface area contributed by atoms with Crippen LogP contribution in [0.4, 0.5) is 5.69 Å². The van der Waals surface area contributed by atoms with Crippen LogP contribution in [0, 0.1) is 6.92 Å². The van der Waals surface area contributed by atoms with Crippen LogP contribution in [0.2, 0.25) is 0 Å². The predicted molar refractivity (Wildman–Crippen MR) is 55.9 cm³/mol. The van der Waals surface area contributed by atoms with Gasteiger partial charge in [0.15, 0.2) is 0 Å². The number of nitrogens with zero attached hydrogens (tertiary/aromatic N) is 2. The Morgan fingerprint density at radius 2 is 2.31 bits per heavy atom. The second kappa shape index (κ2) is 4.23. The third-order valence-corrected chi connectivity index (χ3v) is 1.96. The van der Waals surface area contributed by atoms with Crippen LogP contribution in [0.1, 0.15) is 12.5 Å². The van der Waals surface area contributed by atoms with Gasteiger partial charge in [0.2, 0.25) is 0 Å². The summed E-state index contributed by atoms with van der Waals surface area (Å²) in [6.45, 7) is 4.93. The summed E-state index contributed by atoms with van der Waals surface area (Å²) in [5.74, 6) is 0. The fraction of sp³-hybridized carbons (Fsp3) is 0.500. The highest BCUT2D eigenvalue weighted by Crippen LogP contribution is 2.16. The number of hydrogen-bond acceptors (Lipinski definition) is 3. The first-order chi connectivity index (χ1) is 6.11. The molecule has 1 aromatic rings. The van der Waals surface area contributed by atoms with Crippen LogP contribution in [-0.2, 0) is 0 Å². The topological polar surface area (TPSA) is 42.2 Å². The van der Waals surface area contributed by atoms with Gasteiger partial charge in [0, 0.05) is 37.7 Å². The van der Waals surface area contributed by atoms with Gasteiger partial charge in [-0.15, -0.1) is 0 Å². The van der Waals surface area contributed by atoms with E-state index in [-0.39, 0.29) is 6.04 Å². The van der Waals surface area contributed by atoms with Crippen molar-refractivity contribution >= 4 is 5.69 Å². The number of rotatable bonds is 3. The van der Waals surface area contributed by atoms with Crippen molar-refractivity contribution in [2.75, 3.05) is 18.5 Å². The SMILES string of the molecule is Cc1cnccc1N(C)CC(C)N. The molecule has 2 N–H and O–H groups in total. The van der Waals surface area contributed by atoms with Gasteiger partial charge in [0.25, 0.3) is 0 Å². The van der Waals surface area contributed by atoms with Gasteiger partial charge >= 0.3 is 0 Å². The Balaban J connectivity index is 2.76. The molecule has 3 nitrogen and oxygen atoms in total. The maximum atomic E-state index is 5.72. The zero-order chi connectivity index (χ0) is 9.84. The molecule has 0 amide bonds. The summed E-state index contributed by atoms with van der Waals surface area (Å²) >= 11 is 0. The first-order valence-electron chi connectivity index (χ1n) is 4.48. The molecule has 1 heterocycles. The Morgan fingerprint density at radius 1 is 1.62 bits per heavy atom. The molecule has 0 spiro atoms. The van der Waals surface area contributed by atoms with Gasteiger partial charge in [0.05, 0.1) is 0 Å². The van der Waals surface area contributed by atoms with E-state index < -0.39 is 0 Å². The van der Waals surface area contributed by atoms with Crippen molar-refractivity contribution in [1.82, 2.24) is 4.98 Å². The number of nitrogens with two attached hydrogens (primary N) is 1. The van der Waals surface area contributed by atoms with Crippen molar-refractivity contribution in [1.29, 1.82) is 0 Å². The molecule has 0 aliphatic rings. The van der Waals surface area contributed by atoms with E-state index in [4.69, 9.17) is 5.73 Å². The van der Waals surface area contributed by atoms with Crippen LogP contribution >= 0.6 is 0 Å². The fourth-order valence-electron chi connectivity index (χ4n) is 1.42. The molecule has 0 aliphatic carbocycles. The average Bonchev–Trinajstić information content (AvgIpc) is 2.03. The van der Waals surface area contributed by atoms with Crippen molar-refractivity contribution < 1.29 is 0 Å². The van der Waals surface area contributed by atoms with Crippen LogP contribution in [0.25, 0.3) is 0 Å². The van der Waals surface area contributed by atoms with E-state index in [0.717, 1.165) is 6.54 Å². The van der Waals surface area contributed by atoms with E-state index in [9.17, 15) is 0 Å². The third-order valence-electron chi connectivity index (χ3n) is 1.96. The minimum absolute atomic E-state index is 0.192. The van der Waals surface area contributed by atoms with E-state index >= 15 is 0 Å². The Bertz CT molecular complexity index is 271. The summed E-state index contributed by atoms with van der Waals surface area (Å²) in [5, 5.41) is 0. The smallest absolute Gasteiger partial charge is 0.0424 e. The zero-order valence-corrected chi connectivity index (χ0v) is 8.49. The van der Waals surface area contributed by atoms with E-state index in [0.29, 0.717) is 0 Å². The molecule has 0 radical (unpaired) electrons. The number of aromatic nitrogens is 1. The largest absolute Gasteiger partial charge is 0.373 e. The summed E-state index contributed by atoms with van der Waals surface area (Å²) in [6.07, 6.45) is 3.67. The molecule has 0 bridgehead atoms. The molecule has 1 unspecified atom stereocenters. The monoisotopic (exact) mass is 179 g/mol. The van der Waals surface area contributed by atoms with Crippen molar-refractivity contribution in [3.63, 3.8) is 0 Å². The van der Waals surface area contributed by atoms with Gasteiger partial charge in [-0.1, -0.05) is 0 Å². The van der Waals surface area contributed by atoms with E-state index in [2.05, 4.69) is 16.8 Å². The summed E-state index contributed by atoms with van der Waals surface area (Å²) in [5.41, 5.74) is 8.11. The van der Waals surface area contributed by atoms with Gasteiger partial charge in [-0.05, 0) is 25.5 Å². The third kappa shape index (κ3) is 2.70. The lowest BCUT2D eigenvalue weighted by Gasteiger charge is -2.22. The summed E-state index contributed by atoms with van der Waals surface area (Å²) in [4.78, 5) is 6.20. The highest BCUT2D eigenvalue weighted by atomic mass is 15.1. The van der Waals surface area contributed by atoms with Gasteiger partial charge < -0.3 is 10.6 Å². The van der Waals surface area contributed by atoms with Gasteiger partial charge in [-0.2, -0.15) is 0 Å². The summed E-state index contributed by atoms with van der Waals surface area (Å²) < 4.78 is 0. The lowest BCUT2D eigenvalue weighted by atomic mass is 10.2. The van der Waals surface area contributed by atoms with Crippen LogP contribution < -0.4 is 10.6 Å². The van der Waals surface area contributed by atoms with Crippen LogP contribution in [0.3, 0.4) is 0 Å². The maximum Gasteiger partial charge on any atom is 0.0424 e.